The van der Waals surface area contributed by atoms with Crippen LogP contribution in [0.2, 0.25) is 0 Å². The van der Waals surface area contributed by atoms with Crippen LogP contribution >= 0.6 is 0 Å². The van der Waals surface area contributed by atoms with Gasteiger partial charge in [0.05, 0.1) is 5.69 Å². The van der Waals surface area contributed by atoms with E-state index in [1.165, 1.54) is 16.6 Å². The number of rotatable bonds is 1. The maximum atomic E-state index is 2.16. The van der Waals surface area contributed by atoms with E-state index in [0.29, 0.717) is 0 Å². The summed E-state index contributed by atoms with van der Waals surface area (Å²) in [6.45, 7) is 8.00. The molecule has 2 heteroatoms. The Morgan fingerprint density at radius 1 is 0.941 bits per heavy atom. The molecule has 0 N–H and O–H groups in total. The fourth-order valence-corrected chi connectivity index (χ4v) is 1.68. The van der Waals surface area contributed by atoms with E-state index < -0.39 is 0 Å². The van der Waals surface area contributed by atoms with E-state index in [4.69, 9.17) is 0 Å². The van der Waals surface area contributed by atoms with E-state index >= 15 is 0 Å². The van der Waals surface area contributed by atoms with Gasteiger partial charge < -0.3 is 9.47 Å². The first-order valence-electron chi connectivity index (χ1n) is 6.41. The molecule has 0 atom stereocenters. The van der Waals surface area contributed by atoms with Crippen LogP contribution in [0.15, 0.2) is 30.5 Å². The van der Waals surface area contributed by atoms with E-state index in [1.54, 1.807) is 0 Å². The molecule has 2 nitrogen and oxygen atoms in total. The number of hydrogen-bond donors (Lipinski definition) is 0. The zero-order chi connectivity index (χ0) is 13.4. The van der Waals surface area contributed by atoms with Crippen molar-refractivity contribution in [3.05, 3.63) is 30.5 Å². The van der Waals surface area contributed by atoms with Gasteiger partial charge in [-0.1, -0.05) is 45.9 Å². The zero-order valence-electron chi connectivity index (χ0n) is 12.3. The van der Waals surface area contributed by atoms with Gasteiger partial charge in [0.2, 0.25) is 0 Å². The molecule has 96 valence electrons. The third kappa shape index (κ3) is 3.52. The maximum Gasteiger partial charge on any atom is 0.0620 e. The van der Waals surface area contributed by atoms with E-state index in [-0.39, 0.29) is 0 Å². The van der Waals surface area contributed by atoms with Gasteiger partial charge >= 0.3 is 0 Å². The van der Waals surface area contributed by atoms with Gasteiger partial charge in [-0.2, -0.15) is 0 Å². The Labute approximate surface area is 106 Å². The molecule has 0 saturated carbocycles. The molecule has 1 heterocycles. The smallest absolute Gasteiger partial charge is 0.0620 e. The molecule has 0 saturated heterocycles. The molecule has 1 aromatic carbocycles. The summed E-state index contributed by atoms with van der Waals surface area (Å²) in [6.07, 6.45) is 2.16. The normalized spacial score (nSPS) is 8.88. The first kappa shape index (κ1) is 15.6. The molecular formula is C15H26N2. The molecule has 2 aromatic rings. The summed E-state index contributed by atoms with van der Waals surface area (Å²) >= 11 is 0. The molecule has 0 aliphatic carbocycles. The number of nitrogens with zero attached hydrogens (tertiary/aromatic N) is 2. The van der Waals surface area contributed by atoms with Crippen LogP contribution in [0.3, 0.4) is 0 Å². The second-order valence-electron chi connectivity index (χ2n) is 3.54. The van der Waals surface area contributed by atoms with E-state index in [0.717, 1.165) is 0 Å². The van der Waals surface area contributed by atoms with Crippen molar-refractivity contribution in [1.82, 2.24) is 4.57 Å². The number of para-hydroxylation sites is 1. The van der Waals surface area contributed by atoms with E-state index in [2.05, 4.69) is 61.1 Å². The lowest BCUT2D eigenvalue weighted by atomic mass is 10.2. The Balaban J connectivity index is 0.000000581. The largest absolute Gasteiger partial charge is 0.376 e. The number of fused-ring (bicyclic) bond motifs is 1. The fourth-order valence-electron chi connectivity index (χ4n) is 1.68. The highest BCUT2D eigenvalue weighted by molar-refractivity contribution is 5.93. The topological polar surface area (TPSA) is 8.17 Å². The SMILES string of the molecule is CC.CC.CN(C)c1cn(C)c2ccccc12. The lowest BCUT2D eigenvalue weighted by Gasteiger charge is -2.09. The Morgan fingerprint density at radius 2 is 1.47 bits per heavy atom. The highest BCUT2D eigenvalue weighted by Crippen LogP contribution is 2.26. The van der Waals surface area contributed by atoms with Crippen molar-refractivity contribution in [1.29, 1.82) is 0 Å². The third-order valence-electron chi connectivity index (χ3n) is 2.36. The molecule has 0 bridgehead atoms. The van der Waals surface area contributed by atoms with Crippen molar-refractivity contribution in [3.8, 4) is 0 Å². The van der Waals surface area contributed by atoms with Crippen LogP contribution in [0, 0.1) is 0 Å². The zero-order valence-corrected chi connectivity index (χ0v) is 12.3. The standard InChI is InChI=1S/C11H14N2.2C2H6/c1-12(2)11-8-13(3)10-7-5-4-6-9(10)11;2*1-2/h4-8H,1-3H3;2*1-2H3. The predicted molar refractivity (Wildman–Crippen MR) is 79.9 cm³/mol. The van der Waals surface area contributed by atoms with Crippen LogP contribution in [0.1, 0.15) is 27.7 Å². The number of benzene rings is 1. The third-order valence-corrected chi connectivity index (χ3v) is 2.36. The Morgan fingerprint density at radius 3 is 2.00 bits per heavy atom. The summed E-state index contributed by atoms with van der Waals surface area (Å²) in [5.41, 5.74) is 2.56. The van der Waals surface area contributed by atoms with Crippen LogP contribution < -0.4 is 4.90 Å². The molecular weight excluding hydrogens is 208 g/mol. The minimum absolute atomic E-state index is 1.28. The Hall–Kier alpha value is -1.44. The molecule has 2 rings (SSSR count). The molecule has 0 amide bonds. The van der Waals surface area contributed by atoms with Gasteiger partial charge in [0.1, 0.15) is 0 Å². The lowest BCUT2D eigenvalue weighted by Crippen LogP contribution is -2.07. The highest BCUT2D eigenvalue weighted by atomic mass is 15.1. The highest BCUT2D eigenvalue weighted by Gasteiger charge is 2.05. The molecule has 0 aliphatic rings. The summed E-state index contributed by atoms with van der Waals surface area (Å²) in [6, 6.07) is 8.45. The summed E-state index contributed by atoms with van der Waals surface area (Å²) in [4.78, 5) is 2.14. The molecule has 0 fully saturated rings. The minimum Gasteiger partial charge on any atom is -0.376 e. The van der Waals surface area contributed by atoms with Gasteiger partial charge in [-0.15, -0.1) is 0 Å². The summed E-state index contributed by atoms with van der Waals surface area (Å²) in [7, 11) is 6.22. The average molecular weight is 234 g/mol. The van der Waals surface area contributed by atoms with Gasteiger partial charge in [-0.25, -0.2) is 0 Å². The number of hydrogen-bond acceptors (Lipinski definition) is 1. The van der Waals surface area contributed by atoms with Crippen molar-refractivity contribution in [3.63, 3.8) is 0 Å². The molecule has 17 heavy (non-hydrogen) atoms. The monoisotopic (exact) mass is 234 g/mol. The van der Waals surface area contributed by atoms with Crippen molar-refractivity contribution < 1.29 is 0 Å². The summed E-state index contributed by atoms with van der Waals surface area (Å²) in [5.74, 6) is 0. The Bertz CT molecular complexity index is 427. The second kappa shape index (κ2) is 7.77. The number of aryl methyl sites for hydroxylation is 1. The quantitative estimate of drug-likeness (QED) is 0.714. The molecule has 0 aliphatic heterocycles. The summed E-state index contributed by atoms with van der Waals surface area (Å²) < 4.78 is 2.16. The van der Waals surface area contributed by atoms with Crippen LogP contribution in [-0.2, 0) is 7.05 Å². The van der Waals surface area contributed by atoms with Gasteiger partial charge in [0.15, 0.2) is 0 Å². The van der Waals surface area contributed by atoms with Crippen molar-refractivity contribution >= 4 is 16.6 Å². The minimum atomic E-state index is 1.28. The first-order chi connectivity index (χ1) is 8.20. The van der Waals surface area contributed by atoms with Crippen LogP contribution in [-0.4, -0.2) is 18.7 Å². The molecule has 0 spiro atoms. The van der Waals surface area contributed by atoms with Crippen molar-refractivity contribution in [2.75, 3.05) is 19.0 Å². The molecule has 0 radical (unpaired) electrons. The van der Waals surface area contributed by atoms with Crippen LogP contribution in [0.4, 0.5) is 5.69 Å². The number of aromatic nitrogens is 1. The van der Waals surface area contributed by atoms with E-state index in [1.807, 2.05) is 27.7 Å². The lowest BCUT2D eigenvalue weighted by molar-refractivity contribution is 0.962. The maximum absolute atomic E-state index is 2.16. The molecule has 1 aromatic heterocycles. The van der Waals surface area contributed by atoms with Crippen molar-refractivity contribution in [2.45, 2.75) is 27.7 Å². The predicted octanol–water partition coefficient (Wildman–Crippen LogP) is 4.30. The van der Waals surface area contributed by atoms with Gasteiger partial charge in [-0.3, -0.25) is 0 Å². The fraction of sp³-hybridized carbons (Fsp3) is 0.467. The Kier molecular flexibility index (Phi) is 7.11. The summed E-state index contributed by atoms with van der Waals surface area (Å²) in [5, 5.41) is 1.31. The van der Waals surface area contributed by atoms with Gasteiger partial charge in [0, 0.05) is 38.2 Å². The number of anilines is 1. The first-order valence-corrected chi connectivity index (χ1v) is 6.41. The average Bonchev–Trinajstić information content (AvgIpc) is 2.73. The van der Waals surface area contributed by atoms with E-state index in [9.17, 15) is 0 Å². The van der Waals surface area contributed by atoms with Crippen molar-refractivity contribution in [2.24, 2.45) is 7.05 Å². The molecule has 0 unspecified atom stereocenters. The van der Waals surface area contributed by atoms with Crippen LogP contribution in [0.25, 0.3) is 10.9 Å². The van der Waals surface area contributed by atoms with Gasteiger partial charge in [-0.05, 0) is 6.07 Å². The van der Waals surface area contributed by atoms with Gasteiger partial charge in [0.25, 0.3) is 0 Å². The second-order valence-corrected chi connectivity index (χ2v) is 3.54. The van der Waals surface area contributed by atoms with Crippen LogP contribution in [0.5, 0.6) is 0 Å².